The fraction of sp³-hybridized carbons (Fsp3) is 0.455. The van der Waals surface area contributed by atoms with Gasteiger partial charge < -0.3 is 14.2 Å². The van der Waals surface area contributed by atoms with Gasteiger partial charge in [0.2, 0.25) is 5.75 Å². The van der Waals surface area contributed by atoms with E-state index in [4.69, 9.17) is 14.2 Å². The van der Waals surface area contributed by atoms with Crippen molar-refractivity contribution >= 4 is 0 Å². The molecule has 1 aromatic carbocycles. The fourth-order valence-electron chi connectivity index (χ4n) is 1.61. The molecular formula is C11H16O3. The zero-order chi connectivity index (χ0) is 10.7. The molecule has 0 spiro atoms. The Morgan fingerprint density at radius 3 is 1.36 bits per heavy atom. The average molecular weight is 196 g/mol. The predicted molar refractivity (Wildman–Crippen MR) is 55.6 cm³/mol. The maximum absolute atomic E-state index is 5.27. The van der Waals surface area contributed by atoms with Crippen LogP contribution in [0, 0.1) is 13.8 Å². The smallest absolute Gasteiger partial charge is 0.203 e. The van der Waals surface area contributed by atoms with E-state index in [1.54, 1.807) is 21.3 Å². The lowest BCUT2D eigenvalue weighted by Gasteiger charge is -2.16. The molecule has 0 radical (unpaired) electrons. The van der Waals surface area contributed by atoms with Gasteiger partial charge in [-0.05, 0) is 31.0 Å². The van der Waals surface area contributed by atoms with Gasteiger partial charge in [0.15, 0.2) is 11.5 Å². The minimum Gasteiger partial charge on any atom is -0.492 e. The number of hydrogen-bond donors (Lipinski definition) is 0. The molecule has 0 saturated heterocycles. The van der Waals surface area contributed by atoms with Gasteiger partial charge >= 0.3 is 0 Å². The molecule has 0 atom stereocenters. The second kappa shape index (κ2) is 4.22. The van der Waals surface area contributed by atoms with Gasteiger partial charge in [0.1, 0.15) is 0 Å². The topological polar surface area (TPSA) is 27.7 Å². The Hall–Kier alpha value is -1.38. The fourth-order valence-corrected chi connectivity index (χ4v) is 1.61. The SMILES string of the molecule is COc1c(C)cc(C)c(OC)c1OC. The standard InChI is InChI=1S/C11H16O3/c1-7-6-8(2)10(13-4)11(14-5)9(7)12-3/h6H,1-5H3. The summed E-state index contributed by atoms with van der Waals surface area (Å²) >= 11 is 0. The van der Waals surface area contributed by atoms with Crippen molar-refractivity contribution in [2.75, 3.05) is 21.3 Å². The summed E-state index contributed by atoms with van der Waals surface area (Å²) in [6.07, 6.45) is 0. The molecule has 0 unspecified atom stereocenters. The summed E-state index contributed by atoms with van der Waals surface area (Å²) in [5.41, 5.74) is 2.09. The predicted octanol–water partition coefficient (Wildman–Crippen LogP) is 2.33. The summed E-state index contributed by atoms with van der Waals surface area (Å²) in [5, 5.41) is 0. The molecule has 0 aliphatic heterocycles. The van der Waals surface area contributed by atoms with Gasteiger partial charge in [-0.25, -0.2) is 0 Å². The lowest BCUT2D eigenvalue weighted by atomic mass is 10.1. The molecule has 0 saturated carbocycles. The minimum atomic E-state index is 0.660. The van der Waals surface area contributed by atoms with E-state index in [1.807, 2.05) is 19.9 Å². The third-order valence-electron chi connectivity index (χ3n) is 2.17. The zero-order valence-electron chi connectivity index (χ0n) is 9.30. The van der Waals surface area contributed by atoms with Gasteiger partial charge in [-0.3, -0.25) is 0 Å². The first-order chi connectivity index (χ1) is 6.65. The van der Waals surface area contributed by atoms with Crippen LogP contribution in [0.5, 0.6) is 17.2 Å². The number of rotatable bonds is 3. The average Bonchev–Trinajstić information content (AvgIpc) is 2.16. The van der Waals surface area contributed by atoms with Crippen molar-refractivity contribution in [3.05, 3.63) is 17.2 Å². The molecule has 14 heavy (non-hydrogen) atoms. The molecule has 78 valence electrons. The number of methoxy groups -OCH3 is 3. The maximum Gasteiger partial charge on any atom is 0.203 e. The normalized spacial score (nSPS) is 9.79. The quantitative estimate of drug-likeness (QED) is 0.742. The van der Waals surface area contributed by atoms with E-state index in [0.29, 0.717) is 5.75 Å². The number of ether oxygens (including phenoxy) is 3. The Labute approximate surface area is 84.6 Å². The summed E-state index contributed by atoms with van der Waals surface area (Å²) in [5.74, 6) is 2.12. The van der Waals surface area contributed by atoms with Crippen molar-refractivity contribution in [3.8, 4) is 17.2 Å². The van der Waals surface area contributed by atoms with Gasteiger partial charge in [0.25, 0.3) is 0 Å². The van der Waals surface area contributed by atoms with Crippen molar-refractivity contribution in [3.63, 3.8) is 0 Å². The minimum absolute atomic E-state index is 0.660. The number of benzene rings is 1. The summed E-state index contributed by atoms with van der Waals surface area (Å²) in [7, 11) is 4.86. The molecule has 0 N–H and O–H groups in total. The van der Waals surface area contributed by atoms with Gasteiger partial charge in [-0.15, -0.1) is 0 Å². The Balaban J connectivity index is 3.43. The first-order valence-electron chi connectivity index (χ1n) is 4.41. The van der Waals surface area contributed by atoms with Crippen LogP contribution >= 0.6 is 0 Å². The van der Waals surface area contributed by atoms with E-state index in [2.05, 4.69) is 0 Å². The van der Waals surface area contributed by atoms with E-state index in [0.717, 1.165) is 22.6 Å². The zero-order valence-corrected chi connectivity index (χ0v) is 9.30. The summed E-state index contributed by atoms with van der Waals surface area (Å²) < 4.78 is 15.8. The highest BCUT2D eigenvalue weighted by molar-refractivity contribution is 5.59. The Kier molecular flexibility index (Phi) is 3.23. The van der Waals surface area contributed by atoms with Gasteiger partial charge in [-0.1, -0.05) is 0 Å². The Morgan fingerprint density at radius 2 is 1.07 bits per heavy atom. The third kappa shape index (κ3) is 1.62. The van der Waals surface area contributed by atoms with Crippen LogP contribution in [0.25, 0.3) is 0 Å². The number of aryl methyl sites for hydroxylation is 2. The van der Waals surface area contributed by atoms with Crippen LogP contribution in [-0.2, 0) is 0 Å². The molecule has 1 rings (SSSR count). The maximum atomic E-state index is 5.27. The lowest BCUT2D eigenvalue weighted by molar-refractivity contribution is 0.321. The van der Waals surface area contributed by atoms with E-state index < -0.39 is 0 Å². The second-order valence-corrected chi connectivity index (χ2v) is 3.11. The highest BCUT2D eigenvalue weighted by Crippen LogP contribution is 2.41. The van der Waals surface area contributed by atoms with Gasteiger partial charge in [0, 0.05) is 0 Å². The lowest BCUT2D eigenvalue weighted by Crippen LogP contribution is -1.98. The van der Waals surface area contributed by atoms with Crippen molar-refractivity contribution in [2.45, 2.75) is 13.8 Å². The van der Waals surface area contributed by atoms with Crippen molar-refractivity contribution in [1.29, 1.82) is 0 Å². The van der Waals surface area contributed by atoms with Crippen LogP contribution in [0.3, 0.4) is 0 Å². The third-order valence-corrected chi connectivity index (χ3v) is 2.17. The highest BCUT2D eigenvalue weighted by Gasteiger charge is 2.15. The largest absolute Gasteiger partial charge is 0.492 e. The summed E-state index contributed by atoms with van der Waals surface area (Å²) in [6.45, 7) is 3.96. The highest BCUT2D eigenvalue weighted by atomic mass is 16.5. The Bertz CT molecular complexity index is 304. The van der Waals surface area contributed by atoms with Crippen LogP contribution < -0.4 is 14.2 Å². The molecule has 0 bridgehead atoms. The molecule has 0 aliphatic carbocycles. The molecule has 3 heteroatoms. The van der Waals surface area contributed by atoms with Crippen LogP contribution in [0.1, 0.15) is 11.1 Å². The molecular weight excluding hydrogens is 180 g/mol. The monoisotopic (exact) mass is 196 g/mol. The van der Waals surface area contributed by atoms with Crippen molar-refractivity contribution in [2.24, 2.45) is 0 Å². The molecule has 1 aromatic rings. The molecule has 0 aliphatic rings. The molecule has 0 heterocycles. The van der Waals surface area contributed by atoms with Gasteiger partial charge in [-0.2, -0.15) is 0 Å². The first-order valence-corrected chi connectivity index (χ1v) is 4.41. The van der Waals surface area contributed by atoms with E-state index >= 15 is 0 Å². The van der Waals surface area contributed by atoms with Crippen LogP contribution in [0.2, 0.25) is 0 Å². The van der Waals surface area contributed by atoms with Crippen LogP contribution in [0.15, 0.2) is 6.07 Å². The second-order valence-electron chi connectivity index (χ2n) is 3.11. The molecule has 0 amide bonds. The Morgan fingerprint density at radius 1 is 0.714 bits per heavy atom. The molecule has 0 aromatic heterocycles. The molecule has 3 nitrogen and oxygen atoms in total. The van der Waals surface area contributed by atoms with E-state index in [9.17, 15) is 0 Å². The van der Waals surface area contributed by atoms with Crippen LogP contribution in [0.4, 0.5) is 0 Å². The van der Waals surface area contributed by atoms with Crippen molar-refractivity contribution in [1.82, 2.24) is 0 Å². The van der Waals surface area contributed by atoms with Crippen molar-refractivity contribution < 1.29 is 14.2 Å². The first kappa shape index (κ1) is 10.7. The number of hydrogen-bond acceptors (Lipinski definition) is 3. The summed E-state index contributed by atoms with van der Waals surface area (Å²) in [4.78, 5) is 0. The van der Waals surface area contributed by atoms with Gasteiger partial charge in [0.05, 0.1) is 21.3 Å². The van der Waals surface area contributed by atoms with Crippen LogP contribution in [-0.4, -0.2) is 21.3 Å². The molecule has 0 fully saturated rings. The van der Waals surface area contributed by atoms with E-state index in [1.165, 1.54) is 0 Å². The summed E-state index contributed by atoms with van der Waals surface area (Å²) in [6, 6.07) is 2.01. The van der Waals surface area contributed by atoms with E-state index in [-0.39, 0.29) is 0 Å².